The summed E-state index contributed by atoms with van der Waals surface area (Å²) in [6.07, 6.45) is 7.06. The molecule has 1 fully saturated rings. The molecule has 0 radical (unpaired) electrons. The van der Waals surface area contributed by atoms with Crippen molar-refractivity contribution in [3.63, 3.8) is 0 Å². The normalized spacial score (nSPS) is 18.5. The van der Waals surface area contributed by atoms with Crippen LogP contribution in [0.3, 0.4) is 0 Å². The second-order valence-corrected chi connectivity index (χ2v) is 10.4. The average molecular weight is 485 g/mol. The van der Waals surface area contributed by atoms with Gasteiger partial charge in [-0.15, -0.1) is 0 Å². The van der Waals surface area contributed by atoms with E-state index in [4.69, 9.17) is 14.7 Å². The Morgan fingerprint density at radius 1 is 1.00 bits per heavy atom. The maximum atomic E-state index is 12.9. The molecule has 1 aliphatic rings. The molecule has 1 amide bonds. The maximum Gasteiger partial charge on any atom is 0.410 e. The topological polar surface area (TPSA) is 76.4 Å². The number of pyridine rings is 1. The van der Waals surface area contributed by atoms with Gasteiger partial charge in [0.25, 0.3) is 0 Å². The van der Waals surface area contributed by atoms with Crippen molar-refractivity contribution in [2.24, 2.45) is 0 Å². The lowest BCUT2D eigenvalue weighted by Crippen LogP contribution is -2.59. The largest absolute Gasteiger partial charge is 0.444 e. The molecule has 36 heavy (non-hydrogen) atoms. The maximum absolute atomic E-state index is 12.9. The third-order valence-electron chi connectivity index (χ3n) is 6.46. The van der Waals surface area contributed by atoms with Gasteiger partial charge in [0.15, 0.2) is 5.65 Å². The Kier molecular flexibility index (Phi) is 6.12. The molecule has 1 aromatic carbocycles. The van der Waals surface area contributed by atoms with Gasteiger partial charge in [0.1, 0.15) is 17.7 Å². The SMILES string of the molecule is CC1CN(C(=O)OC(C)(C)C)[C@@H](C)CN1c1ncnc2c1c(-c1ccccc1)cn2-c1cccnc1. The molecule has 4 heterocycles. The number of piperazine rings is 1. The highest BCUT2D eigenvalue weighted by Gasteiger charge is 2.36. The predicted octanol–water partition coefficient (Wildman–Crippen LogP) is 5.32. The number of anilines is 1. The molecule has 0 aliphatic carbocycles. The lowest BCUT2D eigenvalue weighted by atomic mass is 10.0. The summed E-state index contributed by atoms with van der Waals surface area (Å²) in [5, 5.41) is 0.984. The van der Waals surface area contributed by atoms with Crippen molar-refractivity contribution >= 4 is 22.9 Å². The van der Waals surface area contributed by atoms with Crippen molar-refractivity contribution in [2.75, 3.05) is 18.0 Å². The molecule has 0 spiro atoms. The Morgan fingerprint density at radius 2 is 1.78 bits per heavy atom. The zero-order valence-corrected chi connectivity index (χ0v) is 21.4. The summed E-state index contributed by atoms with van der Waals surface area (Å²) in [6, 6.07) is 14.2. The van der Waals surface area contributed by atoms with E-state index in [1.54, 1.807) is 12.5 Å². The van der Waals surface area contributed by atoms with Crippen LogP contribution in [0.2, 0.25) is 0 Å². The van der Waals surface area contributed by atoms with Crippen LogP contribution in [0, 0.1) is 0 Å². The minimum absolute atomic E-state index is 0.0391. The second-order valence-electron chi connectivity index (χ2n) is 10.4. The number of ether oxygens (including phenoxy) is 1. The lowest BCUT2D eigenvalue weighted by Gasteiger charge is -2.44. The molecule has 1 saturated heterocycles. The Balaban J connectivity index is 1.59. The van der Waals surface area contributed by atoms with Gasteiger partial charge in [-0.2, -0.15) is 0 Å². The van der Waals surface area contributed by atoms with E-state index in [9.17, 15) is 4.79 Å². The van der Waals surface area contributed by atoms with Crippen LogP contribution in [-0.4, -0.2) is 61.3 Å². The minimum atomic E-state index is -0.532. The summed E-state index contributed by atoms with van der Waals surface area (Å²) in [7, 11) is 0. The van der Waals surface area contributed by atoms with Crippen molar-refractivity contribution in [1.29, 1.82) is 0 Å². The molecule has 8 nitrogen and oxygen atoms in total. The zero-order valence-electron chi connectivity index (χ0n) is 21.4. The molecule has 0 bridgehead atoms. The van der Waals surface area contributed by atoms with E-state index in [1.807, 2.05) is 62.2 Å². The van der Waals surface area contributed by atoms with Gasteiger partial charge in [-0.05, 0) is 52.3 Å². The van der Waals surface area contributed by atoms with Crippen molar-refractivity contribution < 1.29 is 9.53 Å². The molecule has 1 aliphatic heterocycles. The van der Waals surface area contributed by atoms with Gasteiger partial charge in [0, 0.05) is 43.1 Å². The van der Waals surface area contributed by atoms with E-state index in [1.165, 1.54) is 0 Å². The summed E-state index contributed by atoms with van der Waals surface area (Å²) in [4.78, 5) is 30.8. The molecule has 186 valence electrons. The molecular formula is C28H32N6O2. The highest BCUT2D eigenvalue weighted by atomic mass is 16.6. The van der Waals surface area contributed by atoms with Crippen LogP contribution in [-0.2, 0) is 4.74 Å². The number of hydrogen-bond acceptors (Lipinski definition) is 6. The summed E-state index contributed by atoms with van der Waals surface area (Å²) in [5.74, 6) is 0.865. The molecule has 1 unspecified atom stereocenters. The zero-order chi connectivity index (χ0) is 25.4. The first-order valence-electron chi connectivity index (χ1n) is 12.3. The molecular weight excluding hydrogens is 452 g/mol. The number of benzene rings is 1. The number of carbonyl (C=O) groups is 1. The Morgan fingerprint density at radius 3 is 2.47 bits per heavy atom. The smallest absolute Gasteiger partial charge is 0.410 e. The van der Waals surface area contributed by atoms with E-state index in [-0.39, 0.29) is 18.2 Å². The summed E-state index contributed by atoms with van der Waals surface area (Å²) < 4.78 is 7.74. The molecule has 5 rings (SSSR count). The van der Waals surface area contributed by atoms with Crippen LogP contribution in [0.25, 0.3) is 27.8 Å². The molecule has 3 aromatic heterocycles. The Hall–Kier alpha value is -3.94. The molecule has 4 aromatic rings. The summed E-state index contributed by atoms with van der Waals surface area (Å²) >= 11 is 0. The number of rotatable bonds is 3. The van der Waals surface area contributed by atoms with E-state index < -0.39 is 5.60 Å². The van der Waals surface area contributed by atoms with Crippen LogP contribution < -0.4 is 4.90 Å². The number of hydrogen-bond donors (Lipinski definition) is 0. The first kappa shape index (κ1) is 23.8. The third kappa shape index (κ3) is 4.51. The van der Waals surface area contributed by atoms with E-state index in [2.05, 4.69) is 46.6 Å². The number of fused-ring (bicyclic) bond motifs is 1. The highest BCUT2D eigenvalue weighted by molar-refractivity contribution is 6.02. The molecule has 0 N–H and O–H groups in total. The van der Waals surface area contributed by atoms with Gasteiger partial charge >= 0.3 is 6.09 Å². The van der Waals surface area contributed by atoms with Gasteiger partial charge in [-0.1, -0.05) is 30.3 Å². The monoisotopic (exact) mass is 484 g/mol. The highest BCUT2D eigenvalue weighted by Crippen LogP contribution is 2.38. The first-order valence-corrected chi connectivity index (χ1v) is 12.3. The fourth-order valence-electron chi connectivity index (χ4n) is 4.79. The van der Waals surface area contributed by atoms with Gasteiger partial charge < -0.3 is 14.5 Å². The van der Waals surface area contributed by atoms with E-state index in [0.29, 0.717) is 13.1 Å². The van der Waals surface area contributed by atoms with Gasteiger partial charge in [-0.3, -0.25) is 9.55 Å². The number of amides is 1. The lowest BCUT2D eigenvalue weighted by molar-refractivity contribution is 0.0130. The van der Waals surface area contributed by atoms with Crippen molar-refractivity contribution in [2.45, 2.75) is 52.3 Å². The van der Waals surface area contributed by atoms with Gasteiger partial charge in [0.05, 0.1) is 17.3 Å². The first-order chi connectivity index (χ1) is 17.2. The number of aromatic nitrogens is 4. The fourth-order valence-corrected chi connectivity index (χ4v) is 4.79. The minimum Gasteiger partial charge on any atom is -0.444 e. The third-order valence-corrected chi connectivity index (χ3v) is 6.46. The van der Waals surface area contributed by atoms with E-state index >= 15 is 0 Å². The van der Waals surface area contributed by atoms with Crippen molar-refractivity contribution in [3.8, 4) is 16.8 Å². The molecule has 8 heteroatoms. The van der Waals surface area contributed by atoms with Crippen LogP contribution >= 0.6 is 0 Å². The Labute approximate surface area is 211 Å². The Bertz CT molecular complexity index is 1360. The molecule has 0 saturated carbocycles. The van der Waals surface area contributed by atoms with E-state index in [0.717, 1.165) is 33.7 Å². The van der Waals surface area contributed by atoms with Crippen LogP contribution in [0.1, 0.15) is 34.6 Å². The van der Waals surface area contributed by atoms with Gasteiger partial charge in [0.2, 0.25) is 0 Å². The number of carbonyl (C=O) groups excluding carboxylic acids is 1. The summed E-state index contributed by atoms with van der Waals surface area (Å²) in [6.45, 7) is 11.0. The van der Waals surface area contributed by atoms with Gasteiger partial charge in [-0.25, -0.2) is 14.8 Å². The number of nitrogens with zero attached hydrogens (tertiary/aromatic N) is 6. The van der Waals surface area contributed by atoms with Crippen LogP contribution in [0.4, 0.5) is 10.6 Å². The predicted molar refractivity (Wildman–Crippen MR) is 141 cm³/mol. The average Bonchev–Trinajstić information content (AvgIpc) is 3.25. The van der Waals surface area contributed by atoms with Crippen molar-refractivity contribution in [1.82, 2.24) is 24.4 Å². The fraction of sp³-hybridized carbons (Fsp3) is 0.357. The second kappa shape index (κ2) is 9.26. The molecule has 2 atom stereocenters. The van der Waals surface area contributed by atoms with Crippen LogP contribution in [0.5, 0.6) is 0 Å². The van der Waals surface area contributed by atoms with Crippen LogP contribution in [0.15, 0.2) is 67.4 Å². The standard InChI is InChI=1S/C28H32N6O2/c1-19-16-33(27(35)36-28(3,4)5)20(2)15-32(19)25-24-23(21-10-7-6-8-11-21)17-34(26(24)31-18-30-25)22-12-9-13-29-14-22/h6-14,17-20H,15-16H2,1-5H3/t19?,20-/m0/s1. The summed E-state index contributed by atoms with van der Waals surface area (Å²) in [5.41, 5.74) is 3.37. The quantitative estimate of drug-likeness (QED) is 0.392. The van der Waals surface area contributed by atoms with Crippen molar-refractivity contribution in [3.05, 3.63) is 67.4 Å².